The van der Waals surface area contributed by atoms with E-state index in [2.05, 4.69) is 9.97 Å². The third-order valence-corrected chi connectivity index (χ3v) is 4.48. The lowest BCUT2D eigenvalue weighted by atomic mass is 10.1. The van der Waals surface area contributed by atoms with E-state index in [4.69, 9.17) is 9.47 Å². The molecule has 1 heterocycles. The van der Waals surface area contributed by atoms with Crippen molar-refractivity contribution < 1.29 is 19.1 Å². The van der Waals surface area contributed by atoms with Crippen molar-refractivity contribution in [3.63, 3.8) is 0 Å². The predicted octanol–water partition coefficient (Wildman–Crippen LogP) is 3.18. The van der Waals surface area contributed by atoms with Gasteiger partial charge in [-0.2, -0.15) is 0 Å². The molecular weight excluding hydrogens is 352 g/mol. The first-order chi connectivity index (χ1) is 12.5. The molecule has 2 aromatic rings. The van der Waals surface area contributed by atoms with E-state index in [-0.39, 0.29) is 18.8 Å². The maximum Gasteiger partial charge on any atom is 0.306 e. The van der Waals surface area contributed by atoms with Gasteiger partial charge in [0, 0.05) is 17.8 Å². The van der Waals surface area contributed by atoms with Crippen molar-refractivity contribution in [3.05, 3.63) is 46.8 Å². The summed E-state index contributed by atoms with van der Waals surface area (Å²) in [6, 6.07) is 6.85. The van der Waals surface area contributed by atoms with E-state index in [0.717, 1.165) is 17.0 Å². The van der Waals surface area contributed by atoms with E-state index in [1.807, 2.05) is 20.1 Å². The van der Waals surface area contributed by atoms with Crippen molar-refractivity contribution >= 4 is 23.5 Å². The molecule has 0 radical (unpaired) electrons. The van der Waals surface area contributed by atoms with Gasteiger partial charge in [0.15, 0.2) is 11.8 Å². The molecule has 0 aliphatic heterocycles. The second kappa shape index (κ2) is 9.33. The number of benzene rings is 1. The number of nitrogens with zero attached hydrogens (tertiary/aromatic N) is 2. The third kappa shape index (κ3) is 5.05. The lowest BCUT2D eigenvalue weighted by Gasteiger charge is -2.10. The van der Waals surface area contributed by atoms with E-state index in [9.17, 15) is 9.59 Å². The summed E-state index contributed by atoms with van der Waals surface area (Å²) in [4.78, 5) is 33.0. The van der Waals surface area contributed by atoms with Crippen LogP contribution < -0.4 is 4.74 Å². The monoisotopic (exact) mass is 374 g/mol. The first-order valence-corrected chi connectivity index (χ1v) is 9.38. The number of ether oxygens (including phenoxy) is 2. The summed E-state index contributed by atoms with van der Waals surface area (Å²) in [7, 11) is 1.49. The van der Waals surface area contributed by atoms with Gasteiger partial charge >= 0.3 is 5.97 Å². The van der Waals surface area contributed by atoms with Crippen LogP contribution in [0.15, 0.2) is 29.4 Å². The number of aromatic nitrogens is 2. The summed E-state index contributed by atoms with van der Waals surface area (Å²) in [5.74, 6) is -0.261. The fourth-order valence-electron chi connectivity index (χ4n) is 2.56. The molecule has 7 heteroatoms. The molecule has 1 aromatic heterocycles. The molecule has 2 rings (SSSR count). The Bertz CT molecular complexity index is 785. The summed E-state index contributed by atoms with van der Waals surface area (Å²) in [5.41, 5.74) is 3.06. The molecule has 6 nitrogen and oxygen atoms in total. The molecule has 0 N–H and O–H groups in total. The number of methoxy groups -OCH3 is 1. The highest BCUT2D eigenvalue weighted by molar-refractivity contribution is 7.98. The van der Waals surface area contributed by atoms with Crippen molar-refractivity contribution in [3.8, 4) is 5.75 Å². The largest absolute Gasteiger partial charge is 0.496 e. The number of aryl methyl sites for hydroxylation is 2. The standard InChI is InChI=1S/C19H22N2O4S/c1-12-14(13(2)21-19(20-12)26-4)9-10-18(23)25-11-16(22)15-7-5-6-8-17(15)24-3/h5-8H,9-11H2,1-4H3. The van der Waals surface area contributed by atoms with Crippen LogP contribution in [0.3, 0.4) is 0 Å². The van der Waals surface area contributed by atoms with Crippen molar-refractivity contribution in [2.24, 2.45) is 0 Å². The van der Waals surface area contributed by atoms with Gasteiger partial charge in [0.1, 0.15) is 5.75 Å². The Labute approximate surface area is 157 Å². The lowest BCUT2D eigenvalue weighted by Crippen LogP contribution is -2.15. The molecule has 0 bridgehead atoms. The molecule has 0 aliphatic carbocycles. The smallest absolute Gasteiger partial charge is 0.306 e. The Hall–Kier alpha value is -2.41. The van der Waals surface area contributed by atoms with E-state index in [0.29, 0.717) is 22.9 Å². The zero-order chi connectivity index (χ0) is 19.1. The van der Waals surface area contributed by atoms with Crippen LogP contribution in [0.5, 0.6) is 5.75 Å². The molecule has 1 aromatic carbocycles. The van der Waals surface area contributed by atoms with Crippen LogP contribution in [0.1, 0.15) is 33.7 Å². The Morgan fingerprint density at radius 1 is 1.12 bits per heavy atom. The van der Waals surface area contributed by atoms with Gasteiger partial charge in [-0.15, -0.1) is 0 Å². The number of esters is 1. The fraction of sp³-hybridized carbons (Fsp3) is 0.368. The van der Waals surface area contributed by atoms with Gasteiger partial charge in [-0.3, -0.25) is 9.59 Å². The van der Waals surface area contributed by atoms with Gasteiger partial charge in [0.05, 0.1) is 12.7 Å². The van der Waals surface area contributed by atoms with Gasteiger partial charge in [-0.25, -0.2) is 9.97 Å². The van der Waals surface area contributed by atoms with Crippen LogP contribution in [0.2, 0.25) is 0 Å². The minimum absolute atomic E-state index is 0.170. The maximum atomic E-state index is 12.2. The Balaban J connectivity index is 1.91. The number of Topliss-reactive ketones (excluding diaryl/α,β-unsaturated/α-hetero) is 1. The highest BCUT2D eigenvalue weighted by atomic mass is 32.2. The summed E-state index contributed by atoms with van der Waals surface area (Å²) < 4.78 is 10.3. The van der Waals surface area contributed by atoms with Crippen molar-refractivity contribution in [2.75, 3.05) is 20.0 Å². The second-order valence-corrected chi connectivity index (χ2v) is 6.42. The van der Waals surface area contributed by atoms with Gasteiger partial charge in [-0.05, 0) is 44.2 Å². The van der Waals surface area contributed by atoms with Crippen LogP contribution in [-0.4, -0.2) is 41.7 Å². The van der Waals surface area contributed by atoms with Gasteiger partial charge < -0.3 is 9.47 Å². The summed E-state index contributed by atoms with van der Waals surface area (Å²) >= 11 is 1.48. The van der Waals surface area contributed by atoms with Crippen molar-refractivity contribution in [1.29, 1.82) is 0 Å². The Morgan fingerprint density at radius 3 is 2.38 bits per heavy atom. The van der Waals surface area contributed by atoms with E-state index >= 15 is 0 Å². The van der Waals surface area contributed by atoms with Gasteiger partial charge in [0.2, 0.25) is 5.78 Å². The average Bonchev–Trinajstić information content (AvgIpc) is 2.65. The normalized spacial score (nSPS) is 10.5. The average molecular weight is 374 g/mol. The van der Waals surface area contributed by atoms with Gasteiger partial charge in [-0.1, -0.05) is 23.9 Å². The van der Waals surface area contributed by atoms with E-state index in [1.165, 1.54) is 18.9 Å². The van der Waals surface area contributed by atoms with Crippen LogP contribution in [0, 0.1) is 13.8 Å². The SMILES string of the molecule is COc1ccccc1C(=O)COC(=O)CCc1c(C)nc(SC)nc1C. The van der Waals surface area contributed by atoms with Crippen molar-refractivity contribution in [1.82, 2.24) is 9.97 Å². The number of rotatable bonds is 8. The molecule has 138 valence electrons. The van der Waals surface area contributed by atoms with Gasteiger partial charge in [0.25, 0.3) is 0 Å². The van der Waals surface area contributed by atoms with Crippen LogP contribution >= 0.6 is 11.8 Å². The molecule has 0 spiro atoms. The summed E-state index contributed by atoms with van der Waals surface area (Å²) in [6.07, 6.45) is 2.57. The highest BCUT2D eigenvalue weighted by Gasteiger charge is 2.15. The number of thioether (sulfide) groups is 1. The number of para-hydroxylation sites is 1. The first kappa shape index (κ1) is 19.9. The molecule has 0 unspecified atom stereocenters. The molecule has 26 heavy (non-hydrogen) atoms. The summed E-state index contributed by atoms with van der Waals surface area (Å²) in [6.45, 7) is 3.50. The van der Waals surface area contributed by atoms with Crippen LogP contribution in [-0.2, 0) is 16.0 Å². The molecule has 0 fully saturated rings. The number of carbonyl (C=O) groups excluding carboxylic acids is 2. The van der Waals surface area contributed by atoms with E-state index in [1.54, 1.807) is 24.3 Å². The number of hydrogen-bond donors (Lipinski definition) is 0. The highest BCUT2D eigenvalue weighted by Crippen LogP contribution is 2.19. The van der Waals surface area contributed by atoms with Crippen LogP contribution in [0.4, 0.5) is 0 Å². The number of hydrogen-bond acceptors (Lipinski definition) is 7. The molecule has 0 saturated heterocycles. The zero-order valence-electron chi connectivity index (χ0n) is 15.4. The lowest BCUT2D eigenvalue weighted by molar-refractivity contribution is -0.142. The minimum Gasteiger partial charge on any atom is -0.496 e. The second-order valence-electron chi connectivity index (χ2n) is 5.64. The molecule has 0 aliphatic rings. The maximum absolute atomic E-state index is 12.2. The Morgan fingerprint density at radius 2 is 1.77 bits per heavy atom. The van der Waals surface area contributed by atoms with Crippen LogP contribution in [0.25, 0.3) is 0 Å². The third-order valence-electron chi connectivity index (χ3n) is 3.93. The number of ketones is 1. The van der Waals surface area contributed by atoms with Crippen molar-refractivity contribution in [2.45, 2.75) is 31.8 Å². The minimum atomic E-state index is -0.430. The zero-order valence-corrected chi connectivity index (χ0v) is 16.2. The number of carbonyl (C=O) groups is 2. The molecule has 0 atom stereocenters. The predicted molar refractivity (Wildman–Crippen MR) is 99.9 cm³/mol. The summed E-state index contributed by atoms with van der Waals surface area (Å²) in [5, 5.41) is 0.716. The quantitative estimate of drug-likeness (QED) is 0.304. The topological polar surface area (TPSA) is 78.4 Å². The Kier molecular flexibility index (Phi) is 7.15. The molecular formula is C19H22N2O4S. The fourth-order valence-corrected chi connectivity index (χ4v) is 3.02. The molecule has 0 saturated carbocycles. The first-order valence-electron chi connectivity index (χ1n) is 8.16. The molecule has 0 amide bonds. The van der Waals surface area contributed by atoms with E-state index < -0.39 is 5.97 Å².